The molecular formula is C26H32BrF2N7O3. The van der Waals surface area contributed by atoms with E-state index >= 15 is 8.78 Å². The maximum absolute atomic E-state index is 15.8. The number of anilines is 1. The summed E-state index contributed by atoms with van der Waals surface area (Å²) in [6.45, 7) is 6.22. The number of nitrogen functional groups attached to an aromatic ring is 1. The van der Waals surface area contributed by atoms with Crippen LogP contribution in [0.15, 0.2) is 39.9 Å². The highest BCUT2D eigenvalue weighted by Crippen LogP contribution is 2.39. The summed E-state index contributed by atoms with van der Waals surface area (Å²) in [5, 5.41) is 0. The average molecular weight is 608 g/mol. The molecule has 210 valence electrons. The van der Waals surface area contributed by atoms with Crippen LogP contribution in [0.2, 0.25) is 0 Å². The van der Waals surface area contributed by atoms with E-state index in [1.807, 2.05) is 20.8 Å². The van der Waals surface area contributed by atoms with Crippen LogP contribution in [0.1, 0.15) is 46.1 Å². The standard InChI is InChI=1S/C26H32BrF2N7O3/c1-25(2,3)39-24(38)33-11-8-17(9-12-33)34-13-10-19(26(28,29)14-34)36-22-20(21(30)31-15-32-22)35(23(36)37)18-6-4-16(27)5-7-18/h4-7,15,17,19H,8-14H2,1-3H3,(H2,30,31,32)/t19-/m1/s1. The first kappa shape index (κ1) is 27.5. The van der Waals surface area contributed by atoms with Gasteiger partial charge in [-0.2, -0.15) is 0 Å². The number of imidazole rings is 1. The van der Waals surface area contributed by atoms with Crippen molar-refractivity contribution < 1.29 is 18.3 Å². The summed E-state index contributed by atoms with van der Waals surface area (Å²) in [7, 11) is 0. The van der Waals surface area contributed by atoms with Gasteiger partial charge in [-0.25, -0.2) is 28.3 Å². The molecule has 2 N–H and O–H groups in total. The van der Waals surface area contributed by atoms with Crippen molar-refractivity contribution >= 4 is 39.0 Å². The molecule has 2 saturated heterocycles. The van der Waals surface area contributed by atoms with Crippen molar-refractivity contribution in [1.29, 1.82) is 0 Å². The van der Waals surface area contributed by atoms with Crippen molar-refractivity contribution in [2.24, 2.45) is 0 Å². The number of nitrogens with zero attached hydrogens (tertiary/aromatic N) is 6. The van der Waals surface area contributed by atoms with Gasteiger partial charge >= 0.3 is 11.8 Å². The van der Waals surface area contributed by atoms with Gasteiger partial charge in [-0.1, -0.05) is 15.9 Å². The highest BCUT2D eigenvalue weighted by Gasteiger charge is 2.49. The van der Waals surface area contributed by atoms with E-state index in [0.717, 1.165) is 9.04 Å². The fourth-order valence-electron chi connectivity index (χ4n) is 5.50. The quantitative estimate of drug-likeness (QED) is 0.475. The number of carbonyl (C=O) groups is 1. The van der Waals surface area contributed by atoms with Crippen LogP contribution in [0.25, 0.3) is 16.9 Å². The van der Waals surface area contributed by atoms with Gasteiger partial charge in [0.25, 0.3) is 5.92 Å². The van der Waals surface area contributed by atoms with Crippen molar-refractivity contribution in [1.82, 2.24) is 28.9 Å². The van der Waals surface area contributed by atoms with Crippen LogP contribution in [-0.2, 0) is 4.74 Å². The number of likely N-dealkylation sites (tertiary alicyclic amines) is 2. The van der Waals surface area contributed by atoms with E-state index in [1.165, 1.54) is 10.9 Å². The van der Waals surface area contributed by atoms with Crippen molar-refractivity contribution in [3.63, 3.8) is 0 Å². The van der Waals surface area contributed by atoms with Crippen LogP contribution in [0.5, 0.6) is 0 Å². The van der Waals surface area contributed by atoms with Gasteiger partial charge in [-0.3, -0.25) is 14.0 Å². The molecule has 2 aromatic heterocycles. The number of alkyl halides is 2. The van der Waals surface area contributed by atoms with Crippen LogP contribution >= 0.6 is 15.9 Å². The highest BCUT2D eigenvalue weighted by molar-refractivity contribution is 9.10. The molecule has 0 spiro atoms. The van der Waals surface area contributed by atoms with E-state index in [4.69, 9.17) is 10.5 Å². The maximum Gasteiger partial charge on any atom is 0.410 e. The van der Waals surface area contributed by atoms with Crippen molar-refractivity contribution in [3.8, 4) is 5.69 Å². The van der Waals surface area contributed by atoms with E-state index < -0.39 is 29.8 Å². The van der Waals surface area contributed by atoms with Crippen LogP contribution < -0.4 is 11.4 Å². The van der Waals surface area contributed by atoms with Crippen LogP contribution in [0.3, 0.4) is 0 Å². The SMILES string of the molecule is CC(C)(C)OC(=O)N1CCC(N2CC[C@@H](n3c(=O)n(-c4ccc(Br)cc4)c4c(N)ncnc43)C(F)(F)C2)CC1. The predicted molar refractivity (Wildman–Crippen MR) is 146 cm³/mol. The Morgan fingerprint density at radius 2 is 1.77 bits per heavy atom. The van der Waals surface area contributed by atoms with Crippen LogP contribution in [-0.4, -0.2) is 78.7 Å². The molecule has 2 aliphatic rings. The molecule has 13 heteroatoms. The zero-order chi connectivity index (χ0) is 28.1. The summed E-state index contributed by atoms with van der Waals surface area (Å²) in [5.41, 5.74) is 5.66. The molecule has 0 aliphatic carbocycles. The monoisotopic (exact) mass is 607 g/mol. The van der Waals surface area contributed by atoms with E-state index in [9.17, 15) is 9.59 Å². The van der Waals surface area contributed by atoms with Crippen LogP contribution in [0, 0.1) is 0 Å². The Balaban J connectivity index is 1.38. The molecule has 2 fully saturated rings. The fourth-order valence-corrected chi connectivity index (χ4v) is 5.77. The summed E-state index contributed by atoms with van der Waals surface area (Å²) in [6, 6.07) is 5.43. The summed E-state index contributed by atoms with van der Waals surface area (Å²) in [5.74, 6) is -3.17. The number of hydrogen-bond donors (Lipinski definition) is 1. The summed E-state index contributed by atoms with van der Waals surface area (Å²) < 4.78 is 40.3. The number of nitrogens with two attached hydrogens (primary N) is 1. The summed E-state index contributed by atoms with van der Waals surface area (Å²) >= 11 is 3.37. The number of carbonyl (C=O) groups excluding carboxylic acids is 1. The maximum atomic E-state index is 15.8. The van der Waals surface area contributed by atoms with Gasteiger partial charge in [0.15, 0.2) is 11.5 Å². The zero-order valence-corrected chi connectivity index (χ0v) is 23.7. The van der Waals surface area contributed by atoms with Gasteiger partial charge in [-0.05, 0) is 64.3 Å². The van der Waals surface area contributed by atoms with Crippen LogP contribution in [0.4, 0.5) is 19.4 Å². The van der Waals surface area contributed by atoms with Gasteiger partial charge < -0.3 is 15.4 Å². The number of rotatable bonds is 3. The second kappa shape index (κ2) is 10.2. The van der Waals surface area contributed by atoms with E-state index in [2.05, 4.69) is 25.9 Å². The van der Waals surface area contributed by atoms with Crippen molar-refractivity contribution in [2.45, 2.75) is 63.6 Å². The van der Waals surface area contributed by atoms with Gasteiger partial charge in [0.1, 0.15) is 23.5 Å². The molecule has 0 unspecified atom stereocenters. The molecule has 1 atom stereocenters. The molecule has 1 amide bonds. The third kappa shape index (κ3) is 5.38. The molecule has 5 rings (SSSR count). The molecule has 0 saturated carbocycles. The lowest BCUT2D eigenvalue weighted by Gasteiger charge is -2.44. The summed E-state index contributed by atoms with van der Waals surface area (Å²) in [6.07, 6.45) is 2.01. The fraction of sp³-hybridized carbons (Fsp3) is 0.538. The summed E-state index contributed by atoms with van der Waals surface area (Å²) in [4.78, 5) is 37.7. The molecule has 2 aliphatic heterocycles. The lowest BCUT2D eigenvalue weighted by atomic mass is 9.95. The number of benzene rings is 1. The Kier molecular flexibility index (Phi) is 7.17. The molecule has 4 heterocycles. The minimum Gasteiger partial charge on any atom is -0.444 e. The van der Waals surface area contributed by atoms with Gasteiger partial charge in [0, 0.05) is 30.1 Å². The Labute approximate surface area is 232 Å². The number of piperidine rings is 2. The smallest absolute Gasteiger partial charge is 0.410 e. The Morgan fingerprint density at radius 1 is 1.10 bits per heavy atom. The Bertz CT molecular complexity index is 1430. The van der Waals surface area contributed by atoms with E-state index in [0.29, 0.717) is 38.2 Å². The lowest BCUT2D eigenvalue weighted by molar-refractivity contribution is -0.116. The highest BCUT2D eigenvalue weighted by atomic mass is 79.9. The van der Waals surface area contributed by atoms with Crippen molar-refractivity contribution in [3.05, 3.63) is 45.5 Å². The largest absolute Gasteiger partial charge is 0.444 e. The third-order valence-corrected chi connectivity index (χ3v) is 7.83. The molecule has 0 radical (unpaired) electrons. The molecule has 3 aromatic rings. The molecule has 10 nitrogen and oxygen atoms in total. The zero-order valence-electron chi connectivity index (χ0n) is 22.1. The Hall–Kier alpha value is -3.06. The molecular weight excluding hydrogens is 576 g/mol. The van der Waals surface area contributed by atoms with Gasteiger partial charge in [-0.15, -0.1) is 0 Å². The second-order valence-corrected chi connectivity index (χ2v) is 12.0. The predicted octanol–water partition coefficient (Wildman–Crippen LogP) is 4.21. The lowest BCUT2D eigenvalue weighted by Crippen LogP contribution is -2.56. The number of ether oxygens (including phenoxy) is 1. The number of amides is 1. The minimum absolute atomic E-state index is 0.0382. The third-order valence-electron chi connectivity index (χ3n) is 7.30. The minimum atomic E-state index is -3.21. The Morgan fingerprint density at radius 3 is 2.38 bits per heavy atom. The van der Waals surface area contributed by atoms with E-state index in [1.54, 1.807) is 34.1 Å². The molecule has 1 aromatic carbocycles. The normalized spacial score (nSPS) is 20.9. The number of halogens is 3. The first-order valence-corrected chi connectivity index (χ1v) is 13.7. The van der Waals surface area contributed by atoms with Crippen molar-refractivity contribution in [2.75, 3.05) is 31.9 Å². The topological polar surface area (TPSA) is 112 Å². The van der Waals surface area contributed by atoms with Gasteiger partial charge in [0.05, 0.1) is 12.2 Å². The first-order chi connectivity index (χ1) is 18.4. The molecule has 0 bridgehead atoms. The van der Waals surface area contributed by atoms with Gasteiger partial charge in [0.2, 0.25) is 0 Å². The first-order valence-electron chi connectivity index (χ1n) is 12.9. The van der Waals surface area contributed by atoms with E-state index in [-0.39, 0.29) is 35.5 Å². The number of hydrogen-bond acceptors (Lipinski definition) is 7. The molecule has 39 heavy (non-hydrogen) atoms. The second-order valence-electron chi connectivity index (χ2n) is 11.1. The number of aromatic nitrogens is 4. The average Bonchev–Trinajstić information content (AvgIpc) is 3.16. The number of fused-ring (bicyclic) bond motifs is 1.